The molecule has 268 valence electrons. The maximum Gasteiger partial charge on any atom is 0.322 e. The van der Waals surface area contributed by atoms with E-state index in [1.807, 2.05) is 23.4 Å². The molecule has 0 radical (unpaired) electrons. The van der Waals surface area contributed by atoms with Gasteiger partial charge < -0.3 is 19.7 Å². The summed E-state index contributed by atoms with van der Waals surface area (Å²) in [4.78, 5) is 39.3. The molecule has 14 heteroatoms. The second kappa shape index (κ2) is 12.3. The number of ether oxygens (including phenoxy) is 2. The number of fused-ring (bicyclic) bond motifs is 3. The van der Waals surface area contributed by atoms with Gasteiger partial charge in [0.25, 0.3) is 5.91 Å². The first-order valence-electron chi connectivity index (χ1n) is 18.2. The van der Waals surface area contributed by atoms with Crippen molar-refractivity contribution in [3.63, 3.8) is 0 Å². The molecule has 0 aliphatic carbocycles. The van der Waals surface area contributed by atoms with Crippen molar-refractivity contribution >= 4 is 51.2 Å². The average molecular weight is 717 g/mol. The number of benzene rings is 2. The van der Waals surface area contributed by atoms with E-state index in [4.69, 9.17) is 36.1 Å². The van der Waals surface area contributed by atoms with Gasteiger partial charge in [-0.2, -0.15) is 15.1 Å². The molecule has 1 spiro atoms. The number of nitrogens with zero attached hydrogens (tertiary/aromatic N) is 6. The van der Waals surface area contributed by atoms with Crippen LogP contribution in [0.4, 0.5) is 15.0 Å². The molecule has 51 heavy (non-hydrogen) atoms. The first-order chi connectivity index (χ1) is 24.7. The zero-order valence-corrected chi connectivity index (χ0v) is 29.7. The minimum atomic E-state index is -1.12. The van der Waals surface area contributed by atoms with Gasteiger partial charge in [-0.15, -0.1) is 0 Å². The first kappa shape index (κ1) is 32.8. The van der Waals surface area contributed by atoms with E-state index in [0.29, 0.717) is 49.4 Å². The van der Waals surface area contributed by atoms with Crippen LogP contribution in [0.1, 0.15) is 75.1 Å². The smallest absolute Gasteiger partial charge is 0.322 e. The van der Waals surface area contributed by atoms with Gasteiger partial charge in [0, 0.05) is 35.1 Å². The number of amides is 3. The predicted molar refractivity (Wildman–Crippen MR) is 191 cm³/mol. The Morgan fingerprint density at radius 3 is 2.57 bits per heavy atom. The third-order valence-electron chi connectivity index (χ3n) is 12.0. The molecule has 9 rings (SSSR count). The number of hydrogen-bond acceptors (Lipinski definition) is 9. The lowest BCUT2D eigenvalue weighted by molar-refractivity contribution is -0.124. The summed E-state index contributed by atoms with van der Waals surface area (Å²) >= 11 is 7.12. The third-order valence-corrected chi connectivity index (χ3v) is 12.3. The number of aromatic nitrogens is 4. The molecular formula is C37H42ClFN8O4. The lowest BCUT2D eigenvalue weighted by atomic mass is 9.89. The number of urea groups is 1. The van der Waals surface area contributed by atoms with E-state index in [9.17, 15) is 9.59 Å². The van der Waals surface area contributed by atoms with Gasteiger partial charge in [0.05, 0.1) is 28.8 Å². The molecule has 3 amide bonds. The van der Waals surface area contributed by atoms with Crippen LogP contribution in [0.5, 0.6) is 6.01 Å². The largest absolute Gasteiger partial charge is 0.461 e. The highest BCUT2D eigenvalue weighted by atomic mass is 35.5. The van der Waals surface area contributed by atoms with Crippen molar-refractivity contribution in [2.45, 2.75) is 88.9 Å². The Balaban J connectivity index is 1.19. The van der Waals surface area contributed by atoms with Gasteiger partial charge >= 0.3 is 12.0 Å². The predicted octanol–water partition coefficient (Wildman–Crippen LogP) is 5.94. The number of piperidine rings is 1. The van der Waals surface area contributed by atoms with Crippen LogP contribution in [0.3, 0.4) is 0 Å². The quantitative estimate of drug-likeness (QED) is 0.233. The molecule has 0 bridgehead atoms. The maximum atomic E-state index is 17.5. The monoisotopic (exact) mass is 716 g/mol. The van der Waals surface area contributed by atoms with Gasteiger partial charge in [0.2, 0.25) is 0 Å². The van der Waals surface area contributed by atoms with E-state index >= 15 is 4.39 Å². The second-order valence-corrected chi connectivity index (χ2v) is 15.4. The Bertz CT molecular complexity index is 2090. The topological polar surface area (TPSA) is 127 Å². The van der Waals surface area contributed by atoms with Gasteiger partial charge in [0.15, 0.2) is 12.0 Å². The fourth-order valence-corrected chi connectivity index (χ4v) is 9.58. The zero-order chi connectivity index (χ0) is 35.1. The van der Waals surface area contributed by atoms with Crippen LogP contribution in [0, 0.1) is 19.7 Å². The summed E-state index contributed by atoms with van der Waals surface area (Å²) in [5.74, 6) is -0.544. The van der Waals surface area contributed by atoms with Gasteiger partial charge in [-0.25, -0.2) is 13.9 Å². The van der Waals surface area contributed by atoms with E-state index in [1.165, 1.54) is 0 Å². The van der Waals surface area contributed by atoms with Gasteiger partial charge in [0.1, 0.15) is 23.5 Å². The van der Waals surface area contributed by atoms with Gasteiger partial charge in [-0.1, -0.05) is 11.6 Å². The molecule has 12 nitrogen and oxygen atoms in total. The van der Waals surface area contributed by atoms with Crippen LogP contribution in [0.15, 0.2) is 18.3 Å². The third kappa shape index (κ3) is 5.25. The van der Waals surface area contributed by atoms with Gasteiger partial charge in [-0.3, -0.25) is 15.0 Å². The minimum Gasteiger partial charge on any atom is -0.461 e. The SMILES string of the molecule is Cc1cc2c(cnn2C2CCCCO2)c(-c2c(Cl)cc3c(N4CCC[C@]5(C4)NC(=O)NC5=O)nc(OCC45CCCN4CCC5)nc3c2F)c1C. The lowest BCUT2D eigenvalue weighted by Gasteiger charge is -2.39. The molecular weight excluding hydrogens is 675 g/mol. The van der Waals surface area contributed by atoms with E-state index in [-0.39, 0.29) is 46.3 Å². The summed E-state index contributed by atoms with van der Waals surface area (Å²) in [5.41, 5.74) is 2.52. The molecule has 5 saturated heterocycles. The van der Waals surface area contributed by atoms with Crippen molar-refractivity contribution in [1.29, 1.82) is 0 Å². The average Bonchev–Trinajstić information content (AvgIpc) is 3.88. The molecule has 2 aromatic heterocycles. The molecule has 2 aromatic carbocycles. The zero-order valence-electron chi connectivity index (χ0n) is 29.0. The van der Waals surface area contributed by atoms with E-state index in [0.717, 1.165) is 80.1 Å². The minimum absolute atomic E-state index is 0.0733. The molecule has 7 heterocycles. The summed E-state index contributed by atoms with van der Waals surface area (Å²) < 4.78 is 31.9. The van der Waals surface area contributed by atoms with Crippen molar-refractivity contribution < 1.29 is 23.5 Å². The van der Waals surface area contributed by atoms with Crippen LogP contribution in [0.25, 0.3) is 32.9 Å². The lowest BCUT2D eigenvalue weighted by Crippen LogP contribution is -2.58. The molecule has 5 aliphatic heterocycles. The number of carbonyl (C=O) groups is 2. The van der Waals surface area contributed by atoms with Crippen molar-refractivity contribution in [3.05, 3.63) is 40.3 Å². The summed E-state index contributed by atoms with van der Waals surface area (Å²) in [5, 5.41) is 11.4. The Hall–Kier alpha value is -4.07. The molecule has 2 N–H and O–H groups in total. The fourth-order valence-electron chi connectivity index (χ4n) is 9.30. The first-order valence-corrected chi connectivity index (χ1v) is 18.6. The van der Waals surface area contributed by atoms with Crippen molar-refractivity contribution in [3.8, 4) is 17.1 Å². The second-order valence-electron chi connectivity index (χ2n) is 15.0. The van der Waals surface area contributed by atoms with Crippen LogP contribution >= 0.6 is 11.6 Å². The molecule has 5 fully saturated rings. The Morgan fingerprint density at radius 2 is 1.82 bits per heavy atom. The van der Waals surface area contributed by atoms with Crippen LogP contribution < -0.4 is 20.3 Å². The fraction of sp³-hybridized carbons (Fsp3) is 0.541. The number of rotatable bonds is 6. The van der Waals surface area contributed by atoms with Gasteiger partial charge in [-0.05, 0) is 108 Å². The van der Waals surface area contributed by atoms with E-state index < -0.39 is 17.4 Å². The molecule has 2 atom stereocenters. The van der Waals surface area contributed by atoms with E-state index in [1.54, 1.807) is 12.3 Å². The molecule has 0 saturated carbocycles. The number of aryl methyl sites for hydroxylation is 1. The van der Waals surface area contributed by atoms with Crippen LogP contribution in [-0.2, 0) is 9.53 Å². The number of nitrogens with one attached hydrogen (secondary N) is 2. The van der Waals surface area contributed by atoms with Crippen molar-refractivity contribution in [2.75, 3.05) is 44.3 Å². The maximum absolute atomic E-state index is 17.5. The summed E-state index contributed by atoms with van der Waals surface area (Å²) in [6.45, 7) is 7.85. The van der Waals surface area contributed by atoms with Crippen LogP contribution in [0.2, 0.25) is 5.02 Å². The highest BCUT2D eigenvalue weighted by Crippen LogP contribution is 2.45. The Morgan fingerprint density at radius 1 is 1.02 bits per heavy atom. The van der Waals surface area contributed by atoms with E-state index in [2.05, 4.69) is 21.6 Å². The van der Waals surface area contributed by atoms with Crippen molar-refractivity contribution in [1.82, 2.24) is 35.3 Å². The molecule has 4 aromatic rings. The number of anilines is 1. The Kier molecular flexibility index (Phi) is 7.89. The van der Waals surface area contributed by atoms with Crippen molar-refractivity contribution in [2.24, 2.45) is 0 Å². The molecule has 5 aliphatic rings. The summed E-state index contributed by atoms with van der Waals surface area (Å²) in [6.07, 6.45) is 9.90. The molecule has 1 unspecified atom stereocenters. The summed E-state index contributed by atoms with van der Waals surface area (Å²) in [7, 11) is 0. The standard InChI is InChI=1S/C37H42ClFN8O4/c1-21-16-26-24(18-40-47(26)27-8-3-4-15-50-27)28(22(21)2)29-25(38)17-23-31(30(29)39)41-35(51-20-36-9-5-13-46(36)14-6-10-36)42-32(23)45-12-7-11-37(19-45)33(48)43-34(49)44-37/h16-18,27H,3-15,19-20H2,1-2H3,(H2,43,44,48,49)/t27?,37-/m1/s1. The number of imide groups is 1. The Labute approximate surface area is 300 Å². The number of hydrogen-bond donors (Lipinski definition) is 2. The number of carbonyl (C=O) groups excluding carboxylic acids is 2. The van der Waals surface area contributed by atoms with Crippen LogP contribution in [-0.4, -0.2) is 87.1 Å². The number of halogens is 2. The normalized spacial score (nSPS) is 24.9. The highest BCUT2D eigenvalue weighted by molar-refractivity contribution is 6.35. The summed E-state index contributed by atoms with van der Waals surface area (Å²) in [6, 6.07) is 3.36. The highest BCUT2D eigenvalue weighted by Gasteiger charge is 2.49.